The standard InChI is InChI=1S/C16H15BrN4O4/c1-25-16(22)11-5-4-10(20-14(11)9-2-3-9)6-19-15-12(17)7-18-8-13(15)21(23)24/h4-5,7-9H,2-3,6H2,1H3,(H,18,19). The van der Waals surface area contributed by atoms with Gasteiger partial charge in [-0.05, 0) is 40.9 Å². The van der Waals surface area contributed by atoms with Crippen molar-refractivity contribution in [3.05, 3.63) is 56.1 Å². The van der Waals surface area contributed by atoms with Gasteiger partial charge in [-0.1, -0.05) is 0 Å². The smallest absolute Gasteiger partial charge is 0.339 e. The fourth-order valence-electron chi connectivity index (χ4n) is 2.48. The number of hydrogen-bond acceptors (Lipinski definition) is 7. The Bertz CT molecular complexity index is 839. The summed E-state index contributed by atoms with van der Waals surface area (Å²) in [6, 6.07) is 3.41. The molecule has 0 bridgehead atoms. The highest BCUT2D eigenvalue weighted by Gasteiger charge is 2.30. The fraction of sp³-hybridized carbons (Fsp3) is 0.312. The summed E-state index contributed by atoms with van der Waals surface area (Å²) >= 11 is 3.27. The van der Waals surface area contributed by atoms with Gasteiger partial charge in [-0.2, -0.15) is 0 Å². The number of rotatable bonds is 6. The van der Waals surface area contributed by atoms with Crippen LogP contribution in [-0.4, -0.2) is 28.0 Å². The average Bonchev–Trinajstić information content (AvgIpc) is 3.44. The molecule has 3 rings (SSSR count). The molecule has 130 valence electrons. The van der Waals surface area contributed by atoms with Crippen molar-refractivity contribution in [2.24, 2.45) is 0 Å². The molecule has 1 N–H and O–H groups in total. The Labute approximate surface area is 151 Å². The van der Waals surface area contributed by atoms with Crippen molar-refractivity contribution >= 4 is 33.3 Å². The first kappa shape index (κ1) is 17.3. The van der Waals surface area contributed by atoms with Gasteiger partial charge in [0.2, 0.25) is 0 Å². The van der Waals surface area contributed by atoms with E-state index in [4.69, 9.17) is 4.74 Å². The van der Waals surface area contributed by atoms with Gasteiger partial charge in [0.1, 0.15) is 11.9 Å². The lowest BCUT2D eigenvalue weighted by molar-refractivity contribution is -0.384. The Kier molecular flexibility index (Phi) is 4.93. The number of nitro groups is 1. The maximum atomic E-state index is 11.9. The van der Waals surface area contributed by atoms with E-state index in [0.29, 0.717) is 21.4 Å². The molecule has 1 saturated carbocycles. The van der Waals surface area contributed by atoms with E-state index >= 15 is 0 Å². The molecule has 0 aliphatic heterocycles. The zero-order valence-electron chi connectivity index (χ0n) is 13.4. The van der Waals surface area contributed by atoms with Crippen LogP contribution >= 0.6 is 15.9 Å². The number of esters is 1. The Morgan fingerprint density at radius 2 is 2.20 bits per heavy atom. The number of pyridine rings is 2. The first-order valence-electron chi connectivity index (χ1n) is 7.61. The van der Waals surface area contributed by atoms with Gasteiger partial charge in [-0.15, -0.1) is 0 Å². The Morgan fingerprint density at radius 1 is 1.44 bits per heavy atom. The molecule has 9 heteroatoms. The largest absolute Gasteiger partial charge is 0.465 e. The molecule has 0 atom stereocenters. The van der Waals surface area contributed by atoms with Gasteiger partial charge in [0.05, 0.1) is 40.0 Å². The van der Waals surface area contributed by atoms with Gasteiger partial charge >= 0.3 is 11.7 Å². The summed E-state index contributed by atoms with van der Waals surface area (Å²) in [6.07, 6.45) is 4.67. The molecule has 0 unspecified atom stereocenters. The monoisotopic (exact) mass is 406 g/mol. The van der Waals surface area contributed by atoms with Crippen molar-refractivity contribution < 1.29 is 14.5 Å². The number of anilines is 1. The van der Waals surface area contributed by atoms with Crippen LogP contribution in [0, 0.1) is 10.1 Å². The topological polar surface area (TPSA) is 107 Å². The van der Waals surface area contributed by atoms with E-state index in [0.717, 1.165) is 18.5 Å². The summed E-state index contributed by atoms with van der Waals surface area (Å²) < 4.78 is 5.29. The van der Waals surface area contributed by atoms with E-state index in [-0.39, 0.29) is 18.2 Å². The van der Waals surface area contributed by atoms with Gasteiger partial charge in [-0.3, -0.25) is 20.1 Å². The first-order valence-corrected chi connectivity index (χ1v) is 8.40. The summed E-state index contributed by atoms with van der Waals surface area (Å²) in [5.41, 5.74) is 2.11. The van der Waals surface area contributed by atoms with E-state index in [2.05, 4.69) is 31.2 Å². The highest BCUT2D eigenvalue weighted by molar-refractivity contribution is 9.10. The highest BCUT2D eigenvalue weighted by Crippen LogP contribution is 2.41. The van der Waals surface area contributed by atoms with E-state index in [1.54, 1.807) is 12.1 Å². The predicted molar refractivity (Wildman–Crippen MR) is 93.5 cm³/mol. The Balaban J connectivity index is 1.84. The number of methoxy groups -OCH3 is 1. The van der Waals surface area contributed by atoms with Crippen LogP contribution in [0.4, 0.5) is 11.4 Å². The zero-order chi connectivity index (χ0) is 18.0. The predicted octanol–water partition coefficient (Wildman–Crippen LogP) is 3.42. The first-order chi connectivity index (χ1) is 12.0. The van der Waals surface area contributed by atoms with Gasteiger partial charge < -0.3 is 10.1 Å². The molecular weight excluding hydrogens is 392 g/mol. The second-order valence-corrected chi connectivity index (χ2v) is 6.48. The number of nitrogens with one attached hydrogen (secondary N) is 1. The normalized spacial score (nSPS) is 13.4. The summed E-state index contributed by atoms with van der Waals surface area (Å²) in [5, 5.41) is 14.1. The summed E-state index contributed by atoms with van der Waals surface area (Å²) in [4.78, 5) is 30.9. The van der Waals surface area contributed by atoms with Gasteiger partial charge in [-0.25, -0.2) is 4.79 Å². The minimum Gasteiger partial charge on any atom is -0.465 e. The molecule has 1 fully saturated rings. The molecule has 1 aliphatic rings. The second kappa shape index (κ2) is 7.14. The third-order valence-electron chi connectivity index (χ3n) is 3.87. The minimum atomic E-state index is -0.497. The van der Waals surface area contributed by atoms with Crippen molar-refractivity contribution in [2.75, 3.05) is 12.4 Å². The van der Waals surface area contributed by atoms with Crippen LogP contribution in [0.5, 0.6) is 0 Å². The molecule has 0 spiro atoms. The van der Waals surface area contributed by atoms with E-state index in [1.165, 1.54) is 19.5 Å². The van der Waals surface area contributed by atoms with E-state index in [1.807, 2.05) is 0 Å². The number of nitrogens with zero attached hydrogens (tertiary/aromatic N) is 3. The second-order valence-electron chi connectivity index (χ2n) is 5.63. The maximum Gasteiger partial charge on any atom is 0.339 e. The summed E-state index contributed by atoms with van der Waals surface area (Å²) in [6.45, 7) is 0.282. The Hall–Kier alpha value is -2.55. The number of aromatic nitrogens is 2. The van der Waals surface area contributed by atoms with Gasteiger partial charge in [0.25, 0.3) is 0 Å². The van der Waals surface area contributed by atoms with Crippen LogP contribution in [0.3, 0.4) is 0 Å². The van der Waals surface area contributed by atoms with E-state index < -0.39 is 10.9 Å². The molecule has 2 heterocycles. The molecule has 8 nitrogen and oxygen atoms in total. The molecule has 25 heavy (non-hydrogen) atoms. The number of carbonyl (C=O) groups is 1. The van der Waals surface area contributed by atoms with Crippen LogP contribution < -0.4 is 5.32 Å². The molecule has 0 aromatic carbocycles. The lowest BCUT2D eigenvalue weighted by atomic mass is 10.1. The summed E-state index contributed by atoms with van der Waals surface area (Å²) in [7, 11) is 1.34. The van der Waals surface area contributed by atoms with Crippen LogP contribution in [0.15, 0.2) is 29.0 Å². The van der Waals surface area contributed by atoms with Crippen molar-refractivity contribution in [3.63, 3.8) is 0 Å². The highest BCUT2D eigenvalue weighted by atomic mass is 79.9. The van der Waals surface area contributed by atoms with Crippen LogP contribution in [0.1, 0.15) is 40.5 Å². The quantitative estimate of drug-likeness (QED) is 0.444. The summed E-state index contributed by atoms with van der Waals surface area (Å²) in [5.74, 6) is -0.127. The van der Waals surface area contributed by atoms with Gasteiger partial charge in [0.15, 0.2) is 0 Å². The lowest BCUT2D eigenvalue weighted by Gasteiger charge is -2.11. The molecule has 2 aromatic heterocycles. The molecule has 0 saturated heterocycles. The number of ether oxygens (including phenoxy) is 1. The molecule has 0 radical (unpaired) electrons. The van der Waals surface area contributed by atoms with Crippen molar-refractivity contribution in [1.29, 1.82) is 0 Å². The molecular formula is C16H15BrN4O4. The van der Waals surface area contributed by atoms with Gasteiger partial charge in [0, 0.05) is 12.1 Å². The van der Waals surface area contributed by atoms with Crippen LogP contribution in [0.2, 0.25) is 0 Å². The van der Waals surface area contributed by atoms with Crippen molar-refractivity contribution in [2.45, 2.75) is 25.3 Å². The maximum absolute atomic E-state index is 11.9. The van der Waals surface area contributed by atoms with Crippen LogP contribution in [-0.2, 0) is 11.3 Å². The SMILES string of the molecule is COC(=O)c1ccc(CNc2c(Br)cncc2[N+](=O)[O-])nc1C1CC1. The molecule has 2 aromatic rings. The lowest BCUT2D eigenvalue weighted by Crippen LogP contribution is -2.11. The number of hydrogen-bond donors (Lipinski definition) is 1. The average molecular weight is 407 g/mol. The zero-order valence-corrected chi connectivity index (χ0v) is 14.9. The number of carbonyl (C=O) groups excluding carboxylic acids is 1. The van der Waals surface area contributed by atoms with Crippen LogP contribution in [0.25, 0.3) is 0 Å². The third-order valence-corrected chi connectivity index (χ3v) is 4.48. The molecule has 0 amide bonds. The number of halogens is 1. The third kappa shape index (κ3) is 3.76. The fourth-order valence-corrected chi connectivity index (χ4v) is 2.94. The van der Waals surface area contributed by atoms with Crippen molar-refractivity contribution in [3.8, 4) is 0 Å². The Morgan fingerprint density at radius 3 is 2.84 bits per heavy atom. The van der Waals surface area contributed by atoms with Crippen molar-refractivity contribution in [1.82, 2.24) is 9.97 Å². The minimum absolute atomic E-state index is 0.122. The van der Waals surface area contributed by atoms with E-state index in [9.17, 15) is 14.9 Å². The molecule has 1 aliphatic carbocycles.